The van der Waals surface area contributed by atoms with Gasteiger partial charge in [0, 0.05) is 32.5 Å². The summed E-state index contributed by atoms with van der Waals surface area (Å²) >= 11 is 0. The summed E-state index contributed by atoms with van der Waals surface area (Å²) in [7, 11) is 0. The lowest BCUT2D eigenvalue weighted by Gasteiger charge is -2.24. The lowest BCUT2D eigenvalue weighted by atomic mass is 10.1. The summed E-state index contributed by atoms with van der Waals surface area (Å²) in [5.41, 5.74) is 0. The third-order valence-electron chi connectivity index (χ3n) is 9.31. The van der Waals surface area contributed by atoms with Crippen molar-refractivity contribution in [2.45, 2.75) is 200 Å². The monoisotopic (exact) mass is 708 g/mol. The average molecular weight is 708 g/mol. The number of hydrogen-bond acceptors (Lipinski definition) is 7. The van der Waals surface area contributed by atoms with E-state index in [-0.39, 0.29) is 38.3 Å². The second-order valence-corrected chi connectivity index (χ2v) is 14.2. The number of carbonyl (C=O) groups excluding carboxylic acids is 2. The summed E-state index contributed by atoms with van der Waals surface area (Å²) < 4.78 is 10.9. The molecule has 1 atom stereocenters. The summed E-state index contributed by atoms with van der Waals surface area (Å²) in [6.45, 7) is 5.66. The molecule has 0 aliphatic carbocycles. The van der Waals surface area contributed by atoms with Crippen molar-refractivity contribution in [2.24, 2.45) is 0 Å². The van der Waals surface area contributed by atoms with Gasteiger partial charge in [0.25, 0.3) is 0 Å². The number of carbonyl (C=O) groups is 2. The lowest BCUT2D eigenvalue weighted by Crippen LogP contribution is -2.39. The van der Waals surface area contributed by atoms with E-state index in [1.165, 1.54) is 116 Å². The summed E-state index contributed by atoms with van der Waals surface area (Å²) in [5.74, 6) is -0.395. The maximum Gasteiger partial charge on any atom is 0.305 e. The van der Waals surface area contributed by atoms with Crippen LogP contribution in [0.4, 0.5) is 0 Å². The van der Waals surface area contributed by atoms with E-state index < -0.39 is 6.10 Å². The van der Waals surface area contributed by atoms with Gasteiger partial charge in [-0.3, -0.25) is 14.5 Å². The van der Waals surface area contributed by atoms with Gasteiger partial charge < -0.3 is 19.7 Å². The molecule has 7 nitrogen and oxygen atoms in total. The Bertz CT molecular complexity index is 727. The van der Waals surface area contributed by atoms with Crippen molar-refractivity contribution in [1.82, 2.24) is 4.90 Å². The number of aliphatic hydroxyl groups excluding tert-OH is 2. The standard InChI is InChI=1S/C43H81NO6/c1-3-5-7-9-11-13-15-17-19-21-23-25-27-29-31-33-42(47)49-37-35-44(39-41(46)40-45)36-38-50-43(48)34-32-30-28-26-24-22-20-18-16-14-12-10-8-6-4-2/h17-20,41,45-46H,3-16,21-40H2,1-2H3/t41-/m1/s1. The van der Waals surface area contributed by atoms with Crippen LogP contribution in [0, 0.1) is 0 Å². The van der Waals surface area contributed by atoms with E-state index in [0.717, 1.165) is 51.4 Å². The molecule has 0 rings (SSSR count). The molecule has 0 aromatic rings. The number of rotatable bonds is 39. The van der Waals surface area contributed by atoms with Crippen molar-refractivity contribution in [3.63, 3.8) is 0 Å². The number of allylic oxidation sites excluding steroid dienone is 4. The molecule has 0 fully saturated rings. The quantitative estimate of drug-likeness (QED) is 0.0373. The van der Waals surface area contributed by atoms with Crippen LogP contribution in [0.2, 0.25) is 0 Å². The first-order valence-corrected chi connectivity index (χ1v) is 21.2. The highest BCUT2D eigenvalue weighted by molar-refractivity contribution is 5.69. The second kappa shape index (κ2) is 40.1. The molecule has 0 aromatic heterocycles. The van der Waals surface area contributed by atoms with Crippen molar-refractivity contribution < 1.29 is 29.3 Å². The van der Waals surface area contributed by atoms with Gasteiger partial charge >= 0.3 is 11.9 Å². The summed E-state index contributed by atoms with van der Waals surface area (Å²) in [4.78, 5) is 26.3. The number of aliphatic hydroxyl groups is 2. The topological polar surface area (TPSA) is 96.3 Å². The average Bonchev–Trinajstić information content (AvgIpc) is 3.11. The Morgan fingerprint density at radius 2 is 0.840 bits per heavy atom. The van der Waals surface area contributed by atoms with Crippen molar-refractivity contribution in [3.8, 4) is 0 Å². The van der Waals surface area contributed by atoms with Gasteiger partial charge in [0.2, 0.25) is 0 Å². The Morgan fingerprint density at radius 3 is 1.18 bits per heavy atom. The summed E-state index contributed by atoms with van der Waals surface area (Å²) in [6.07, 6.45) is 41.0. The maximum absolute atomic E-state index is 12.2. The van der Waals surface area contributed by atoms with Crippen LogP contribution < -0.4 is 0 Å². The van der Waals surface area contributed by atoms with Gasteiger partial charge in [-0.25, -0.2) is 0 Å². The highest BCUT2D eigenvalue weighted by Crippen LogP contribution is 2.12. The van der Waals surface area contributed by atoms with E-state index in [2.05, 4.69) is 38.2 Å². The maximum atomic E-state index is 12.2. The molecular formula is C43H81NO6. The Hall–Kier alpha value is -1.70. The van der Waals surface area contributed by atoms with E-state index in [9.17, 15) is 19.8 Å². The molecule has 0 saturated carbocycles. The van der Waals surface area contributed by atoms with Crippen LogP contribution in [0.5, 0.6) is 0 Å². The van der Waals surface area contributed by atoms with Gasteiger partial charge in [-0.2, -0.15) is 0 Å². The minimum atomic E-state index is -0.895. The Balaban J connectivity index is 3.82. The predicted molar refractivity (Wildman–Crippen MR) is 210 cm³/mol. The Kier molecular flexibility index (Phi) is 38.7. The first kappa shape index (κ1) is 48.3. The van der Waals surface area contributed by atoms with Crippen LogP contribution in [-0.4, -0.2) is 72.6 Å². The molecule has 0 bridgehead atoms. The van der Waals surface area contributed by atoms with Gasteiger partial charge in [0.1, 0.15) is 13.2 Å². The fourth-order valence-corrected chi connectivity index (χ4v) is 6.05. The summed E-state index contributed by atoms with van der Waals surface area (Å²) in [6, 6.07) is 0. The van der Waals surface area contributed by atoms with Crippen molar-refractivity contribution in [1.29, 1.82) is 0 Å². The Morgan fingerprint density at radius 1 is 0.520 bits per heavy atom. The Labute approximate surface area is 309 Å². The van der Waals surface area contributed by atoms with Crippen molar-refractivity contribution in [2.75, 3.05) is 39.5 Å². The highest BCUT2D eigenvalue weighted by Gasteiger charge is 2.13. The molecule has 0 saturated heterocycles. The van der Waals surface area contributed by atoms with E-state index in [1.807, 2.05) is 4.90 Å². The van der Waals surface area contributed by atoms with E-state index in [0.29, 0.717) is 25.9 Å². The minimum absolute atomic E-state index is 0.198. The van der Waals surface area contributed by atoms with Gasteiger partial charge in [0.15, 0.2) is 0 Å². The number of esters is 2. The van der Waals surface area contributed by atoms with E-state index >= 15 is 0 Å². The van der Waals surface area contributed by atoms with Crippen LogP contribution >= 0.6 is 0 Å². The fraction of sp³-hybridized carbons (Fsp3) is 0.860. The smallest absolute Gasteiger partial charge is 0.305 e. The number of unbranched alkanes of at least 4 members (excludes halogenated alkanes) is 22. The molecule has 0 amide bonds. The normalized spacial score (nSPS) is 12.4. The molecule has 2 N–H and O–H groups in total. The van der Waals surface area contributed by atoms with Crippen LogP contribution in [0.1, 0.15) is 194 Å². The molecule has 0 aliphatic rings. The molecule has 50 heavy (non-hydrogen) atoms. The van der Waals surface area contributed by atoms with Crippen LogP contribution in [0.15, 0.2) is 24.3 Å². The third-order valence-corrected chi connectivity index (χ3v) is 9.31. The predicted octanol–water partition coefficient (Wildman–Crippen LogP) is 10.8. The number of nitrogens with zero attached hydrogens (tertiary/aromatic N) is 1. The second-order valence-electron chi connectivity index (χ2n) is 14.2. The van der Waals surface area contributed by atoms with E-state index in [1.54, 1.807) is 0 Å². The highest BCUT2D eigenvalue weighted by atomic mass is 16.5. The first-order chi connectivity index (χ1) is 24.5. The van der Waals surface area contributed by atoms with E-state index in [4.69, 9.17) is 9.47 Å². The van der Waals surface area contributed by atoms with Gasteiger partial charge in [-0.15, -0.1) is 0 Å². The molecule has 294 valence electrons. The molecule has 0 aliphatic heterocycles. The molecule has 0 radical (unpaired) electrons. The van der Waals surface area contributed by atoms with Crippen molar-refractivity contribution in [3.05, 3.63) is 24.3 Å². The SMILES string of the molecule is CCCCCCCCC=CCCCCCCCC(=O)OCCN(CCOC(=O)CCCCCCCC=CCCCCCCCC)C[C@@H](O)CO. The number of ether oxygens (including phenoxy) is 2. The zero-order valence-corrected chi connectivity index (χ0v) is 32.9. The van der Waals surface area contributed by atoms with Crippen LogP contribution in [-0.2, 0) is 19.1 Å². The third kappa shape index (κ3) is 37.6. The molecule has 7 heteroatoms. The molecule has 0 heterocycles. The molecule has 0 aromatic carbocycles. The van der Waals surface area contributed by atoms with Crippen molar-refractivity contribution >= 4 is 11.9 Å². The minimum Gasteiger partial charge on any atom is -0.464 e. The van der Waals surface area contributed by atoms with Gasteiger partial charge in [-0.1, -0.05) is 141 Å². The van der Waals surface area contributed by atoms with Gasteiger partial charge in [-0.05, 0) is 64.2 Å². The molecule has 0 spiro atoms. The zero-order valence-electron chi connectivity index (χ0n) is 32.9. The van der Waals surface area contributed by atoms with Crippen LogP contribution in [0.25, 0.3) is 0 Å². The summed E-state index contributed by atoms with van der Waals surface area (Å²) in [5, 5.41) is 19.2. The molecular weight excluding hydrogens is 626 g/mol. The fourth-order valence-electron chi connectivity index (χ4n) is 6.05. The largest absolute Gasteiger partial charge is 0.464 e. The van der Waals surface area contributed by atoms with Gasteiger partial charge in [0.05, 0.1) is 12.7 Å². The zero-order chi connectivity index (χ0) is 36.6. The molecule has 0 unspecified atom stereocenters. The van der Waals surface area contributed by atoms with Crippen LogP contribution in [0.3, 0.4) is 0 Å². The number of hydrogen-bond donors (Lipinski definition) is 2. The first-order valence-electron chi connectivity index (χ1n) is 21.2. The lowest BCUT2D eigenvalue weighted by molar-refractivity contribution is -0.144.